The number of halogens is 2. The Morgan fingerprint density at radius 3 is 3.11 bits per heavy atom. The molecule has 0 bridgehead atoms. The maximum absolute atomic E-state index is 13.7. The number of para-hydroxylation sites is 1. The van der Waals surface area contributed by atoms with E-state index in [9.17, 15) is 4.39 Å². The first kappa shape index (κ1) is 11.9. The molecule has 1 aliphatic rings. The molecular weight excluding hydrogens is 255 g/mol. The molecule has 2 heterocycles. The van der Waals surface area contributed by atoms with Crippen molar-refractivity contribution in [2.24, 2.45) is 0 Å². The van der Waals surface area contributed by atoms with Gasteiger partial charge < -0.3 is 9.30 Å². The zero-order valence-corrected chi connectivity index (χ0v) is 10.7. The van der Waals surface area contributed by atoms with Crippen LogP contribution in [0.15, 0.2) is 18.2 Å². The van der Waals surface area contributed by atoms with E-state index in [1.165, 1.54) is 6.07 Å². The van der Waals surface area contributed by atoms with E-state index in [1.54, 1.807) is 6.07 Å². The second-order valence-electron chi connectivity index (χ2n) is 4.51. The molecule has 96 valence electrons. The van der Waals surface area contributed by atoms with Crippen molar-refractivity contribution in [2.75, 3.05) is 6.61 Å². The lowest BCUT2D eigenvalue weighted by molar-refractivity contribution is 0.0974. The van der Waals surface area contributed by atoms with Crippen molar-refractivity contribution in [1.29, 1.82) is 0 Å². The molecule has 1 aromatic heterocycles. The van der Waals surface area contributed by atoms with Gasteiger partial charge in [0, 0.05) is 6.61 Å². The molecule has 0 radical (unpaired) electrons. The zero-order chi connectivity index (χ0) is 12.5. The molecule has 3 nitrogen and oxygen atoms in total. The Morgan fingerprint density at radius 1 is 1.50 bits per heavy atom. The summed E-state index contributed by atoms with van der Waals surface area (Å²) in [5.74, 6) is 0.679. The van der Waals surface area contributed by atoms with Gasteiger partial charge in [-0.05, 0) is 25.0 Å². The third-order valence-electron chi connectivity index (χ3n) is 3.34. The van der Waals surface area contributed by atoms with E-state index < -0.39 is 0 Å². The lowest BCUT2D eigenvalue weighted by Gasteiger charge is -2.13. The van der Waals surface area contributed by atoms with E-state index in [1.807, 2.05) is 10.6 Å². The quantitative estimate of drug-likeness (QED) is 0.800. The topological polar surface area (TPSA) is 27.1 Å². The maximum atomic E-state index is 13.7. The molecule has 3 rings (SSSR count). The first-order chi connectivity index (χ1) is 8.79. The number of fused-ring (bicyclic) bond motifs is 1. The van der Waals surface area contributed by atoms with Crippen LogP contribution in [-0.4, -0.2) is 22.3 Å². The van der Waals surface area contributed by atoms with Gasteiger partial charge in [-0.15, -0.1) is 11.6 Å². The monoisotopic (exact) mass is 268 g/mol. The second-order valence-corrected chi connectivity index (χ2v) is 4.78. The summed E-state index contributed by atoms with van der Waals surface area (Å²) >= 11 is 5.89. The fourth-order valence-electron chi connectivity index (χ4n) is 2.46. The first-order valence-corrected chi connectivity index (χ1v) is 6.64. The number of rotatable bonds is 3. The number of nitrogens with zero attached hydrogens (tertiary/aromatic N) is 2. The second kappa shape index (κ2) is 4.86. The predicted octanol–water partition coefficient (Wildman–Crippen LogP) is 3.09. The summed E-state index contributed by atoms with van der Waals surface area (Å²) in [5.41, 5.74) is 1.19. The summed E-state index contributed by atoms with van der Waals surface area (Å²) in [6.45, 7) is 1.50. The Hall–Kier alpha value is -1.13. The van der Waals surface area contributed by atoms with Crippen LogP contribution in [0.1, 0.15) is 18.7 Å². The van der Waals surface area contributed by atoms with Crippen molar-refractivity contribution >= 4 is 22.6 Å². The smallest absolute Gasteiger partial charge is 0.151 e. The summed E-state index contributed by atoms with van der Waals surface area (Å²) in [6, 6.07) is 4.99. The molecule has 2 aromatic rings. The van der Waals surface area contributed by atoms with E-state index in [-0.39, 0.29) is 17.8 Å². The highest BCUT2D eigenvalue weighted by Gasteiger charge is 2.20. The van der Waals surface area contributed by atoms with Crippen molar-refractivity contribution in [2.45, 2.75) is 31.4 Å². The number of aromatic nitrogens is 2. The molecular formula is C13H14ClFN2O. The van der Waals surface area contributed by atoms with Crippen LogP contribution >= 0.6 is 11.6 Å². The van der Waals surface area contributed by atoms with E-state index in [2.05, 4.69) is 4.98 Å². The number of hydrogen-bond acceptors (Lipinski definition) is 2. The fraction of sp³-hybridized carbons (Fsp3) is 0.462. The molecule has 0 N–H and O–H groups in total. The van der Waals surface area contributed by atoms with Gasteiger partial charge in [0.25, 0.3) is 0 Å². The van der Waals surface area contributed by atoms with Gasteiger partial charge in [-0.3, -0.25) is 0 Å². The molecule has 18 heavy (non-hydrogen) atoms. The third-order valence-corrected chi connectivity index (χ3v) is 3.58. The summed E-state index contributed by atoms with van der Waals surface area (Å²) < 4.78 is 21.3. The average Bonchev–Trinajstić information content (AvgIpc) is 2.99. The third kappa shape index (κ3) is 1.99. The molecule has 1 aromatic carbocycles. The fourth-order valence-corrected chi connectivity index (χ4v) is 2.66. The van der Waals surface area contributed by atoms with E-state index in [0.29, 0.717) is 17.9 Å². The molecule has 0 aliphatic carbocycles. The number of imidazole rings is 1. The highest BCUT2D eigenvalue weighted by molar-refractivity contribution is 6.16. The minimum atomic E-state index is -0.301. The Morgan fingerprint density at radius 2 is 2.39 bits per heavy atom. The van der Waals surface area contributed by atoms with E-state index in [0.717, 1.165) is 25.0 Å². The number of benzene rings is 1. The van der Waals surface area contributed by atoms with Gasteiger partial charge >= 0.3 is 0 Å². The van der Waals surface area contributed by atoms with Crippen molar-refractivity contribution < 1.29 is 9.13 Å². The highest BCUT2D eigenvalue weighted by atomic mass is 35.5. The Kier molecular flexibility index (Phi) is 3.22. The van der Waals surface area contributed by atoms with Crippen LogP contribution in [0.3, 0.4) is 0 Å². The van der Waals surface area contributed by atoms with Crippen molar-refractivity contribution in [3.63, 3.8) is 0 Å². The van der Waals surface area contributed by atoms with Gasteiger partial charge in [0.05, 0.1) is 24.0 Å². The lowest BCUT2D eigenvalue weighted by atomic mass is 10.2. The lowest BCUT2D eigenvalue weighted by Crippen LogP contribution is -2.16. The van der Waals surface area contributed by atoms with Crippen LogP contribution in [0.2, 0.25) is 0 Å². The number of ether oxygens (including phenoxy) is 1. The summed E-state index contributed by atoms with van der Waals surface area (Å²) in [7, 11) is 0. The van der Waals surface area contributed by atoms with Gasteiger partial charge in [-0.1, -0.05) is 6.07 Å². The Bertz CT molecular complexity index is 563. The van der Waals surface area contributed by atoms with Gasteiger partial charge in [-0.25, -0.2) is 9.37 Å². The zero-order valence-electron chi connectivity index (χ0n) is 9.90. The van der Waals surface area contributed by atoms with E-state index in [4.69, 9.17) is 16.3 Å². The normalized spacial score (nSPS) is 19.8. The molecule has 1 aliphatic heterocycles. The molecule has 1 atom stereocenters. The molecule has 1 unspecified atom stereocenters. The molecule has 1 saturated heterocycles. The maximum Gasteiger partial charge on any atom is 0.151 e. The molecule has 0 spiro atoms. The largest absolute Gasteiger partial charge is 0.376 e. The predicted molar refractivity (Wildman–Crippen MR) is 68.2 cm³/mol. The summed E-state index contributed by atoms with van der Waals surface area (Å²) in [5, 5.41) is 0. The number of hydrogen-bond donors (Lipinski definition) is 0. The van der Waals surface area contributed by atoms with Crippen LogP contribution < -0.4 is 0 Å². The standard InChI is InChI=1S/C13H14ClFN2O/c14-7-12-16-13-10(15)4-1-5-11(13)17(12)8-9-3-2-6-18-9/h1,4-5,9H,2-3,6-8H2. The SMILES string of the molecule is Fc1cccc2c1nc(CCl)n2CC1CCCO1. The molecule has 1 fully saturated rings. The van der Waals surface area contributed by atoms with Crippen LogP contribution in [-0.2, 0) is 17.2 Å². The molecule has 0 amide bonds. The average molecular weight is 269 g/mol. The van der Waals surface area contributed by atoms with Crippen LogP contribution in [0, 0.1) is 5.82 Å². The summed E-state index contributed by atoms with van der Waals surface area (Å²) in [4.78, 5) is 4.27. The van der Waals surface area contributed by atoms with Crippen molar-refractivity contribution in [3.05, 3.63) is 29.8 Å². The van der Waals surface area contributed by atoms with Crippen LogP contribution in [0.5, 0.6) is 0 Å². The van der Waals surface area contributed by atoms with Gasteiger partial charge in [0.2, 0.25) is 0 Å². The summed E-state index contributed by atoms with van der Waals surface area (Å²) in [6.07, 6.45) is 2.31. The minimum absolute atomic E-state index is 0.188. The first-order valence-electron chi connectivity index (χ1n) is 6.11. The van der Waals surface area contributed by atoms with E-state index >= 15 is 0 Å². The van der Waals surface area contributed by atoms with Crippen LogP contribution in [0.25, 0.3) is 11.0 Å². The number of alkyl halides is 1. The van der Waals surface area contributed by atoms with Gasteiger partial charge in [-0.2, -0.15) is 0 Å². The van der Waals surface area contributed by atoms with Crippen LogP contribution in [0.4, 0.5) is 4.39 Å². The van der Waals surface area contributed by atoms with Gasteiger partial charge in [0.15, 0.2) is 5.82 Å². The highest BCUT2D eigenvalue weighted by Crippen LogP contribution is 2.23. The molecule has 5 heteroatoms. The Balaban J connectivity index is 2.04. The molecule has 0 saturated carbocycles. The van der Waals surface area contributed by atoms with Crippen molar-refractivity contribution in [3.8, 4) is 0 Å². The van der Waals surface area contributed by atoms with Crippen molar-refractivity contribution in [1.82, 2.24) is 9.55 Å². The Labute approximate surface area is 110 Å². The minimum Gasteiger partial charge on any atom is -0.376 e. The van der Waals surface area contributed by atoms with Gasteiger partial charge in [0.1, 0.15) is 11.3 Å².